The summed E-state index contributed by atoms with van der Waals surface area (Å²) in [5, 5.41) is 16.2. The molecule has 0 aliphatic heterocycles. The lowest BCUT2D eigenvalue weighted by Gasteiger charge is -2.10. The summed E-state index contributed by atoms with van der Waals surface area (Å²) < 4.78 is 12.7. The summed E-state index contributed by atoms with van der Waals surface area (Å²) in [6, 6.07) is 12.1. The molecule has 0 amide bonds. The molecule has 2 aromatic heterocycles. The molecule has 4 aromatic rings. The van der Waals surface area contributed by atoms with Crippen LogP contribution >= 0.6 is 0 Å². The first-order valence-electron chi connectivity index (χ1n) is 9.45. The van der Waals surface area contributed by atoms with Gasteiger partial charge in [0, 0.05) is 30.5 Å². The Bertz CT molecular complexity index is 1270. The third-order valence-electron chi connectivity index (χ3n) is 5.27. The predicted octanol–water partition coefficient (Wildman–Crippen LogP) is 4.38. The second kappa shape index (κ2) is 7.53. The molecule has 0 saturated carbocycles. The average Bonchev–Trinajstić information content (AvgIpc) is 3.09. The van der Waals surface area contributed by atoms with E-state index in [0.29, 0.717) is 12.2 Å². The average molecular weight is 386 g/mol. The molecule has 4 rings (SSSR count). The maximum absolute atomic E-state index is 9.38. The van der Waals surface area contributed by atoms with Gasteiger partial charge in [0.2, 0.25) is 0 Å². The fourth-order valence-electron chi connectivity index (χ4n) is 3.79. The molecular weight excluding hydrogens is 364 g/mol. The smallest absolute Gasteiger partial charge is 0.122 e. The minimum atomic E-state index is 0.373. The molecule has 29 heavy (non-hydrogen) atoms. The van der Waals surface area contributed by atoms with Crippen molar-refractivity contribution < 1.29 is 9.47 Å². The van der Waals surface area contributed by atoms with Crippen LogP contribution in [0.1, 0.15) is 23.6 Å². The zero-order valence-electron chi connectivity index (χ0n) is 17.0. The third kappa shape index (κ3) is 3.10. The highest BCUT2D eigenvalue weighted by atomic mass is 16.5. The van der Waals surface area contributed by atoms with Gasteiger partial charge in [-0.05, 0) is 41.8 Å². The molecule has 0 aliphatic carbocycles. The SMILES string of the molecule is CCc1cc2ncc3c(c(-c4ccc(C#N)c(COC)c4)nn3C)c2cc1OC. The fraction of sp³-hybridized carbons (Fsp3) is 0.261. The van der Waals surface area contributed by atoms with E-state index in [1.807, 2.05) is 42.2 Å². The number of fused-ring (bicyclic) bond motifs is 3. The van der Waals surface area contributed by atoms with Crippen molar-refractivity contribution in [2.24, 2.45) is 7.05 Å². The van der Waals surface area contributed by atoms with Crippen molar-refractivity contribution in [2.45, 2.75) is 20.0 Å². The summed E-state index contributed by atoms with van der Waals surface area (Å²) in [5.41, 5.74) is 6.22. The Kier molecular flexibility index (Phi) is 4.91. The highest BCUT2D eigenvalue weighted by Crippen LogP contribution is 2.36. The van der Waals surface area contributed by atoms with Crippen LogP contribution in [-0.4, -0.2) is 29.0 Å². The molecule has 0 radical (unpaired) electrons. The van der Waals surface area contributed by atoms with Crippen molar-refractivity contribution in [3.8, 4) is 23.1 Å². The van der Waals surface area contributed by atoms with Crippen LogP contribution in [0.2, 0.25) is 0 Å². The minimum absolute atomic E-state index is 0.373. The number of methoxy groups -OCH3 is 2. The molecular formula is C23H22N4O2. The molecule has 146 valence electrons. The van der Waals surface area contributed by atoms with Gasteiger partial charge in [0.25, 0.3) is 0 Å². The number of nitriles is 1. The Morgan fingerprint density at radius 3 is 2.66 bits per heavy atom. The first-order valence-corrected chi connectivity index (χ1v) is 9.45. The van der Waals surface area contributed by atoms with Gasteiger partial charge in [0.15, 0.2) is 0 Å². The van der Waals surface area contributed by atoms with E-state index in [4.69, 9.17) is 14.6 Å². The van der Waals surface area contributed by atoms with E-state index in [9.17, 15) is 5.26 Å². The number of aryl methyl sites for hydroxylation is 2. The van der Waals surface area contributed by atoms with Gasteiger partial charge in [-0.2, -0.15) is 10.4 Å². The predicted molar refractivity (Wildman–Crippen MR) is 113 cm³/mol. The fourth-order valence-corrected chi connectivity index (χ4v) is 3.79. The van der Waals surface area contributed by atoms with Crippen LogP contribution in [0, 0.1) is 11.3 Å². The van der Waals surface area contributed by atoms with Gasteiger partial charge in [-0.15, -0.1) is 0 Å². The van der Waals surface area contributed by atoms with Gasteiger partial charge in [-0.1, -0.05) is 13.0 Å². The molecule has 2 heterocycles. The van der Waals surface area contributed by atoms with Crippen molar-refractivity contribution in [1.29, 1.82) is 5.26 Å². The largest absolute Gasteiger partial charge is 0.496 e. The third-order valence-corrected chi connectivity index (χ3v) is 5.27. The number of hydrogen-bond acceptors (Lipinski definition) is 5. The molecule has 6 heteroatoms. The van der Waals surface area contributed by atoms with E-state index >= 15 is 0 Å². The number of benzene rings is 2. The lowest BCUT2D eigenvalue weighted by atomic mass is 9.99. The van der Waals surface area contributed by atoms with Gasteiger partial charge >= 0.3 is 0 Å². The van der Waals surface area contributed by atoms with Crippen LogP contribution < -0.4 is 4.74 Å². The van der Waals surface area contributed by atoms with Crippen molar-refractivity contribution in [2.75, 3.05) is 14.2 Å². The minimum Gasteiger partial charge on any atom is -0.496 e. The number of nitrogens with zero attached hydrogens (tertiary/aromatic N) is 4. The van der Waals surface area contributed by atoms with Crippen molar-refractivity contribution in [1.82, 2.24) is 14.8 Å². The van der Waals surface area contributed by atoms with Gasteiger partial charge in [0.1, 0.15) is 11.4 Å². The Hall–Kier alpha value is -3.43. The number of hydrogen-bond donors (Lipinski definition) is 0. The maximum Gasteiger partial charge on any atom is 0.122 e. The molecule has 0 atom stereocenters. The molecule has 0 unspecified atom stereocenters. The van der Waals surface area contributed by atoms with E-state index in [-0.39, 0.29) is 0 Å². The summed E-state index contributed by atoms with van der Waals surface area (Å²) in [6.07, 6.45) is 2.73. The topological polar surface area (TPSA) is 73.0 Å². The number of rotatable bonds is 5. The molecule has 0 spiro atoms. The molecule has 0 fully saturated rings. The van der Waals surface area contributed by atoms with E-state index < -0.39 is 0 Å². The maximum atomic E-state index is 9.38. The van der Waals surface area contributed by atoms with E-state index in [1.54, 1.807) is 14.2 Å². The molecule has 0 saturated heterocycles. The van der Waals surface area contributed by atoms with Crippen LogP contribution in [0.15, 0.2) is 36.5 Å². The summed E-state index contributed by atoms with van der Waals surface area (Å²) in [7, 11) is 5.23. The van der Waals surface area contributed by atoms with Crippen LogP contribution in [0.4, 0.5) is 0 Å². The van der Waals surface area contributed by atoms with Crippen LogP contribution in [0.25, 0.3) is 33.1 Å². The Morgan fingerprint density at radius 2 is 1.97 bits per heavy atom. The first kappa shape index (κ1) is 18.9. The Balaban J connectivity index is 2.04. The van der Waals surface area contributed by atoms with E-state index in [2.05, 4.69) is 24.0 Å². The standard InChI is InChI=1S/C23H22N4O2/c1-5-14-9-19-18(10-21(14)29-4)22-20(12-25-19)27(2)26-23(22)15-6-7-16(11-24)17(8-15)13-28-3/h6-10,12H,5,13H2,1-4H3. The first-order chi connectivity index (χ1) is 14.1. The van der Waals surface area contributed by atoms with E-state index in [0.717, 1.165) is 56.4 Å². The molecule has 2 aromatic carbocycles. The second-order valence-corrected chi connectivity index (χ2v) is 6.94. The van der Waals surface area contributed by atoms with Crippen LogP contribution in [0.5, 0.6) is 5.75 Å². The monoisotopic (exact) mass is 386 g/mol. The summed E-state index contributed by atoms with van der Waals surface area (Å²) in [5.74, 6) is 0.851. The van der Waals surface area contributed by atoms with Crippen LogP contribution in [-0.2, 0) is 24.8 Å². The quantitative estimate of drug-likeness (QED) is 0.509. The Labute approximate surface area is 169 Å². The normalized spacial score (nSPS) is 11.1. The molecule has 0 aliphatic rings. The summed E-state index contributed by atoms with van der Waals surface area (Å²) in [4.78, 5) is 4.66. The highest BCUT2D eigenvalue weighted by molar-refractivity contribution is 6.11. The van der Waals surface area contributed by atoms with Gasteiger partial charge < -0.3 is 9.47 Å². The number of pyridine rings is 1. The van der Waals surface area contributed by atoms with Crippen molar-refractivity contribution in [3.05, 3.63) is 53.2 Å². The molecule has 0 N–H and O–H groups in total. The van der Waals surface area contributed by atoms with Crippen molar-refractivity contribution >= 4 is 21.8 Å². The molecule has 0 bridgehead atoms. The summed E-state index contributed by atoms with van der Waals surface area (Å²) in [6.45, 7) is 2.48. The lowest BCUT2D eigenvalue weighted by Crippen LogP contribution is -1.94. The zero-order valence-corrected chi connectivity index (χ0v) is 17.0. The lowest BCUT2D eigenvalue weighted by molar-refractivity contribution is 0.184. The number of aromatic nitrogens is 3. The second-order valence-electron chi connectivity index (χ2n) is 6.94. The Morgan fingerprint density at radius 1 is 1.14 bits per heavy atom. The van der Waals surface area contributed by atoms with Crippen molar-refractivity contribution in [3.63, 3.8) is 0 Å². The van der Waals surface area contributed by atoms with Gasteiger partial charge in [-0.3, -0.25) is 9.67 Å². The van der Waals surface area contributed by atoms with Crippen LogP contribution in [0.3, 0.4) is 0 Å². The molecule has 6 nitrogen and oxygen atoms in total. The van der Waals surface area contributed by atoms with Gasteiger partial charge in [0.05, 0.1) is 42.6 Å². The summed E-state index contributed by atoms with van der Waals surface area (Å²) >= 11 is 0. The number of ether oxygens (including phenoxy) is 2. The van der Waals surface area contributed by atoms with E-state index in [1.165, 1.54) is 0 Å². The highest BCUT2D eigenvalue weighted by Gasteiger charge is 2.17. The van der Waals surface area contributed by atoms with Gasteiger partial charge in [-0.25, -0.2) is 0 Å². The zero-order chi connectivity index (χ0) is 20.5.